The van der Waals surface area contributed by atoms with Crippen molar-refractivity contribution in [3.63, 3.8) is 0 Å². The predicted molar refractivity (Wildman–Crippen MR) is 77.5 cm³/mol. The molecule has 2 rings (SSSR count). The van der Waals surface area contributed by atoms with Gasteiger partial charge in [-0.3, -0.25) is 0 Å². The number of hydrogen-bond acceptors (Lipinski definition) is 3. The number of ether oxygens (including phenoxy) is 1. The molecule has 1 atom stereocenters. The van der Waals surface area contributed by atoms with Crippen LogP contribution in [0.25, 0.3) is 0 Å². The summed E-state index contributed by atoms with van der Waals surface area (Å²) in [6.45, 7) is 6.46. The summed E-state index contributed by atoms with van der Waals surface area (Å²) in [7, 11) is 0. The molecule has 1 heterocycles. The van der Waals surface area contributed by atoms with Gasteiger partial charge >= 0.3 is 0 Å². The van der Waals surface area contributed by atoms with E-state index < -0.39 is 0 Å². The maximum absolute atomic E-state index is 9.20. The molecule has 106 valence electrons. The Kier molecular flexibility index (Phi) is 5.67. The molecule has 1 aliphatic heterocycles. The van der Waals surface area contributed by atoms with E-state index in [1.807, 2.05) is 12.1 Å². The normalized spacial score (nSPS) is 20.4. The Bertz CT molecular complexity index is 381. The fraction of sp³-hybridized carbons (Fsp3) is 0.625. The van der Waals surface area contributed by atoms with E-state index in [1.54, 1.807) is 0 Å². The van der Waals surface area contributed by atoms with Crippen molar-refractivity contribution in [3.8, 4) is 5.75 Å². The maximum Gasteiger partial charge on any atom is 0.119 e. The molecule has 0 spiro atoms. The Hall–Kier alpha value is -1.06. The number of benzene rings is 1. The smallest absolute Gasteiger partial charge is 0.119 e. The topological polar surface area (TPSA) is 32.7 Å². The standard InChI is InChI=1S/C16H25NO2/c1-14-5-2-7-16(11-14)19-10-4-9-17-8-3-6-15(12-17)13-18/h2,5,7,11,15,18H,3-4,6,8-10,12-13H2,1H3. The summed E-state index contributed by atoms with van der Waals surface area (Å²) in [5, 5.41) is 9.20. The van der Waals surface area contributed by atoms with E-state index in [1.165, 1.54) is 24.9 Å². The van der Waals surface area contributed by atoms with Gasteiger partial charge in [-0.15, -0.1) is 0 Å². The molecule has 0 aromatic heterocycles. The van der Waals surface area contributed by atoms with Gasteiger partial charge in [0.05, 0.1) is 6.61 Å². The second kappa shape index (κ2) is 7.51. The molecule has 3 heteroatoms. The van der Waals surface area contributed by atoms with Crippen LogP contribution in [0.4, 0.5) is 0 Å². The minimum absolute atomic E-state index is 0.330. The van der Waals surface area contributed by atoms with Crippen LogP contribution >= 0.6 is 0 Å². The number of aliphatic hydroxyl groups excluding tert-OH is 1. The van der Waals surface area contributed by atoms with Gasteiger partial charge in [0, 0.05) is 19.7 Å². The first kappa shape index (κ1) is 14.4. The number of aliphatic hydroxyl groups is 1. The molecule has 1 aliphatic rings. The molecule has 0 amide bonds. The number of nitrogens with zero attached hydrogens (tertiary/aromatic N) is 1. The molecule has 1 fully saturated rings. The quantitative estimate of drug-likeness (QED) is 0.800. The van der Waals surface area contributed by atoms with Crippen molar-refractivity contribution in [1.82, 2.24) is 4.90 Å². The summed E-state index contributed by atoms with van der Waals surface area (Å²) < 4.78 is 5.76. The van der Waals surface area contributed by atoms with E-state index in [0.717, 1.165) is 31.9 Å². The van der Waals surface area contributed by atoms with Gasteiger partial charge in [-0.1, -0.05) is 12.1 Å². The number of piperidine rings is 1. The summed E-state index contributed by atoms with van der Waals surface area (Å²) in [5.41, 5.74) is 1.24. The largest absolute Gasteiger partial charge is 0.494 e. The fourth-order valence-corrected chi connectivity index (χ4v) is 2.69. The second-order valence-corrected chi connectivity index (χ2v) is 5.51. The third kappa shape index (κ3) is 4.84. The summed E-state index contributed by atoms with van der Waals surface area (Å²) in [5.74, 6) is 1.44. The van der Waals surface area contributed by atoms with Crippen LogP contribution < -0.4 is 4.74 Å². The monoisotopic (exact) mass is 263 g/mol. The first-order chi connectivity index (χ1) is 9.28. The van der Waals surface area contributed by atoms with E-state index in [4.69, 9.17) is 4.74 Å². The van der Waals surface area contributed by atoms with Gasteiger partial charge in [-0.25, -0.2) is 0 Å². The third-order valence-electron chi connectivity index (χ3n) is 3.74. The Morgan fingerprint density at radius 2 is 2.32 bits per heavy atom. The van der Waals surface area contributed by atoms with Gasteiger partial charge < -0.3 is 14.7 Å². The lowest BCUT2D eigenvalue weighted by Crippen LogP contribution is -2.37. The van der Waals surface area contributed by atoms with Crippen molar-refractivity contribution < 1.29 is 9.84 Å². The first-order valence-corrected chi connectivity index (χ1v) is 7.30. The highest BCUT2D eigenvalue weighted by molar-refractivity contribution is 5.27. The average molecular weight is 263 g/mol. The molecule has 1 aromatic rings. The Balaban J connectivity index is 1.64. The van der Waals surface area contributed by atoms with Crippen LogP contribution in [0, 0.1) is 12.8 Å². The molecule has 0 radical (unpaired) electrons. The third-order valence-corrected chi connectivity index (χ3v) is 3.74. The van der Waals surface area contributed by atoms with Crippen LogP contribution in [-0.2, 0) is 0 Å². The van der Waals surface area contributed by atoms with Gasteiger partial charge in [0.25, 0.3) is 0 Å². The van der Waals surface area contributed by atoms with E-state index in [0.29, 0.717) is 12.5 Å². The molecule has 1 unspecified atom stereocenters. The Labute approximate surface area is 116 Å². The van der Waals surface area contributed by atoms with Crippen LogP contribution in [-0.4, -0.2) is 42.9 Å². The van der Waals surface area contributed by atoms with Crippen LogP contribution in [0.15, 0.2) is 24.3 Å². The zero-order chi connectivity index (χ0) is 13.5. The number of rotatable bonds is 6. The van der Waals surface area contributed by atoms with Crippen LogP contribution in [0.2, 0.25) is 0 Å². The fourth-order valence-electron chi connectivity index (χ4n) is 2.69. The highest BCUT2D eigenvalue weighted by atomic mass is 16.5. The van der Waals surface area contributed by atoms with Gasteiger partial charge in [0.2, 0.25) is 0 Å². The predicted octanol–water partition coefficient (Wildman–Crippen LogP) is 2.47. The molecule has 1 saturated heterocycles. The van der Waals surface area contributed by atoms with E-state index in [-0.39, 0.29) is 0 Å². The molecular weight excluding hydrogens is 238 g/mol. The Morgan fingerprint density at radius 3 is 3.11 bits per heavy atom. The zero-order valence-electron chi connectivity index (χ0n) is 11.8. The lowest BCUT2D eigenvalue weighted by Gasteiger charge is -2.31. The minimum Gasteiger partial charge on any atom is -0.494 e. The van der Waals surface area contributed by atoms with Crippen LogP contribution in [0.3, 0.4) is 0 Å². The van der Waals surface area contributed by atoms with Crippen molar-refractivity contribution in [3.05, 3.63) is 29.8 Å². The molecular formula is C16H25NO2. The van der Waals surface area contributed by atoms with Crippen molar-refractivity contribution in [1.29, 1.82) is 0 Å². The second-order valence-electron chi connectivity index (χ2n) is 5.51. The van der Waals surface area contributed by atoms with E-state index in [9.17, 15) is 5.11 Å². The molecule has 0 saturated carbocycles. The number of hydrogen-bond donors (Lipinski definition) is 1. The summed E-state index contributed by atoms with van der Waals surface area (Å²) in [6, 6.07) is 8.19. The van der Waals surface area contributed by atoms with Crippen LogP contribution in [0.5, 0.6) is 5.75 Å². The van der Waals surface area contributed by atoms with Gasteiger partial charge in [0.1, 0.15) is 5.75 Å². The Morgan fingerprint density at radius 1 is 1.42 bits per heavy atom. The van der Waals surface area contributed by atoms with Gasteiger partial charge in [-0.05, 0) is 56.3 Å². The molecule has 19 heavy (non-hydrogen) atoms. The van der Waals surface area contributed by atoms with Crippen molar-refractivity contribution >= 4 is 0 Å². The van der Waals surface area contributed by atoms with Crippen molar-refractivity contribution in [2.45, 2.75) is 26.2 Å². The van der Waals surface area contributed by atoms with Crippen LogP contribution in [0.1, 0.15) is 24.8 Å². The van der Waals surface area contributed by atoms with Crippen molar-refractivity contribution in [2.75, 3.05) is 32.8 Å². The highest BCUT2D eigenvalue weighted by Crippen LogP contribution is 2.16. The SMILES string of the molecule is Cc1cccc(OCCCN2CCCC(CO)C2)c1. The van der Waals surface area contributed by atoms with Crippen molar-refractivity contribution in [2.24, 2.45) is 5.92 Å². The zero-order valence-corrected chi connectivity index (χ0v) is 11.8. The van der Waals surface area contributed by atoms with Gasteiger partial charge in [0.15, 0.2) is 0 Å². The molecule has 0 bridgehead atoms. The highest BCUT2D eigenvalue weighted by Gasteiger charge is 2.18. The molecule has 1 N–H and O–H groups in total. The first-order valence-electron chi connectivity index (χ1n) is 7.30. The lowest BCUT2D eigenvalue weighted by molar-refractivity contribution is 0.115. The van der Waals surface area contributed by atoms with E-state index in [2.05, 4.69) is 24.0 Å². The average Bonchev–Trinajstić information content (AvgIpc) is 2.44. The number of likely N-dealkylation sites (tertiary alicyclic amines) is 1. The number of aryl methyl sites for hydroxylation is 1. The summed E-state index contributed by atoms with van der Waals surface area (Å²) >= 11 is 0. The minimum atomic E-state index is 0.330. The lowest BCUT2D eigenvalue weighted by atomic mass is 9.99. The summed E-state index contributed by atoms with van der Waals surface area (Å²) in [4.78, 5) is 2.45. The summed E-state index contributed by atoms with van der Waals surface area (Å²) in [6.07, 6.45) is 3.43. The molecule has 0 aliphatic carbocycles. The maximum atomic E-state index is 9.20. The van der Waals surface area contributed by atoms with E-state index >= 15 is 0 Å². The van der Waals surface area contributed by atoms with Gasteiger partial charge in [-0.2, -0.15) is 0 Å². The molecule has 3 nitrogen and oxygen atoms in total. The molecule has 1 aromatic carbocycles.